The molecule has 2 aromatic heterocycles. The van der Waals surface area contributed by atoms with Crippen LogP contribution in [0.2, 0.25) is 5.02 Å². The molecule has 0 fully saturated rings. The number of benzene rings is 1. The predicted octanol–water partition coefficient (Wildman–Crippen LogP) is 1.19. The molecule has 128 valence electrons. The van der Waals surface area contributed by atoms with E-state index in [1.165, 1.54) is 24.3 Å². The first-order chi connectivity index (χ1) is 11.9. The zero-order valence-corrected chi connectivity index (χ0v) is 13.8. The lowest BCUT2D eigenvalue weighted by Gasteiger charge is -2.04. The first-order valence-electron chi connectivity index (χ1n) is 6.62. The van der Waals surface area contributed by atoms with Gasteiger partial charge in [-0.2, -0.15) is 10.3 Å². The highest BCUT2D eigenvalue weighted by atomic mass is 35.5. The maximum atomic E-state index is 12.7. The Balaban J connectivity index is 1.99. The number of nitrogens with zero attached hydrogens (tertiary/aromatic N) is 4. The van der Waals surface area contributed by atoms with E-state index in [-0.39, 0.29) is 21.3 Å². The van der Waals surface area contributed by atoms with Gasteiger partial charge < -0.3 is 5.11 Å². The number of nitrogens with one attached hydrogen (secondary N) is 2. The van der Waals surface area contributed by atoms with Gasteiger partial charge in [-0.1, -0.05) is 11.6 Å². The Bertz CT molecular complexity index is 1040. The number of allylic oxidation sites excluding steroid dienone is 1. The Kier molecular flexibility index (Phi) is 4.33. The standard InChI is InChI=1S/C13H9ClN6O4S/c14-7-1-3-8(4-2-7)25(23,24)11-6-15-16-12(11)9(21)5-10(22)13-17-19-20-18-13/h1-6,22H,(H,15,16)(H,17,18,19,20). The zero-order valence-electron chi connectivity index (χ0n) is 12.2. The van der Waals surface area contributed by atoms with Gasteiger partial charge in [0.05, 0.1) is 11.1 Å². The first kappa shape index (κ1) is 16.8. The Morgan fingerprint density at radius 2 is 1.96 bits per heavy atom. The summed E-state index contributed by atoms with van der Waals surface area (Å²) in [6.45, 7) is 0. The van der Waals surface area contributed by atoms with Crippen molar-refractivity contribution in [2.45, 2.75) is 9.79 Å². The number of tetrazole rings is 1. The molecular weight excluding hydrogens is 372 g/mol. The van der Waals surface area contributed by atoms with E-state index in [9.17, 15) is 18.3 Å². The lowest BCUT2D eigenvalue weighted by Crippen LogP contribution is -2.08. The Morgan fingerprint density at radius 3 is 2.60 bits per heavy atom. The largest absolute Gasteiger partial charge is 0.504 e. The van der Waals surface area contributed by atoms with E-state index >= 15 is 0 Å². The van der Waals surface area contributed by atoms with Crippen LogP contribution in [0.3, 0.4) is 0 Å². The summed E-state index contributed by atoms with van der Waals surface area (Å²) in [5.41, 5.74) is -0.315. The van der Waals surface area contributed by atoms with Crippen LogP contribution in [0.4, 0.5) is 0 Å². The minimum atomic E-state index is -4.01. The molecule has 1 aromatic carbocycles. The molecule has 0 spiro atoms. The van der Waals surface area contributed by atoms with Gasteiger partial charge in [0.1, 0.15) is 10.6 Å². The van der Waals surface area contributed by atoms with Crippen LogP contribution in [0.1, 0.15) is 16.3 Å². The van der Waals surface area contributed by atoms with Crippen LogP contribution in [0, 0.1) is 0 Å². The number of hydrogen-bond donors (Lipinski definition) is 3. The monoisotopic (exact) mass is 380 g/mol. The summed E-state index contributed by atoms with van der Waals surface area (Å²) in [4.78, 5) is 11.9. The molecule has 0 bridgehead atoms. The Morgan fingerprint density at radius 1 is 1.24 bits per heavy atom. The smallest absolute Gasteiger partial charge is 0.239 e. The van der Waals surface area contributed by atoms with Crippen LogP contribution < -0.4 is 0 Å². The van der Waals surface area contributed by atoms with E-state index in [0.717, 1.165) is 12.3 Å². The van der Waals surface area contributed by atoms with Gasteiger partial charge in [-0.3, -0.25) is 9.89 Å². The molecule has 0 atom stereocenters. The average molecular weight is 381 g/mol. The molecule has 25 heavy (non-hydrogen) atoms. The molecule has 0 aliphatic rings. The fraction of sp³-hybridized carbons (Fsp3) is 0. The number of halogens is 1. The van der Waals surface area contributed by atoms with E-state index in [0.29, 0.717) is 5.02 Å². The highest BCUT2D eigenvalue weighted by Gasteiger charge is 2.26. The zero-order chi connectivity index (χ0) is 18.0. The number of aliphatic hydroxyl groups excluding tert-OH is 1. The van der Waals surface area contributed by atoms with Gasteiger partial charge in [0, 0.05) is 11.1 Å². The first-order valence-corrected chi connectivity index (χ1v) is 8.48. The molecule has 0 unspecified atom stereocenters. The molecule has 0 amide bonds. The average Bonchev–Trinajstić information content (AvgIpc) is 3.27. The molecule has 12 heteroatoms. The normalized spacial score (nSPS) is 12.3. The summed E-state index contributed by atoms with van der Waals surface area (Å²) in [6, 6.07) is 5.45. The highest BCUT2D eigenvalue weighted by Crippen LogP contribution is 2.24. The van der Waals surface area contributed by atoms with Gasteiger partial charge in [0.2, 0.25) is 21.4 Å². The van der Waals surface area contributed by atoms with E-state index in [1.807, 2.05) is 0 Å². The van der Waals surface area contributed by atoms with Crippen molar-refractivity contribution < 1.29 is 18.3 Å². The second-order valence-corrected chi connectivity index (χ2v) is 7.05. The molecule has 0 saturated heterocycles. The van der Waals surface area contributed by atoms with Crippen LogP contribution in [-0.4, -0.2) is 50.1 Å². The van der Waals surface area contributed by atoms with Crippen molar-refractivity contribution >= 4 is 33.0 Å². The number of aromatic nitrogens is 6. The lowest BCUT2D eigenvalue weighted by atomic mass is 10.2. The number of aromatic amines is 2. The van der Waals surface area contributed by atoms with Crippen LogP contribution >= 0.6 is 11.6 Å². The molecule has 0 saturated carbocycles. The third kappa shape index (κ3) is 3.27. The molecule has 2 heterocycles. The minimum Gasteiger partial charge on any atom is -0.504 e. The SMILES string of the molecule is O=C(C=C(O)c1nn[nH]n1)c1[nH]ncc1S(=O)(=O)c1ccc(Cl)cc1. The van der Waals surface area contributed by atoms with Crippen LogP contribution in [0.5, 0.6) is 0 Å². The van der Waals surface area contributed by atoms with Gasteiger partial charge in [-0.15, -0.1) is 10.2 Å². The number of ketones is 1. The maximum Gasteiger partial charge on any atom is 0.239 e. The van der Waals surface area contributed by atoms with Crippen molar-refractivity contribution in [1.82, 2.24) is 30.8 Å². The Hall–Kier alpha value is -3.05. The third-order valence-corrected chi connectivity index (χ3v) is 5.14. The Labute approximate surface area is 145 Å². The number of sulfone groups is 1. The van der Waals surface area contributed by atoms with E-state index in [4.69, 9.17) is 11.6 Å². The number of aliphatic hydroxyl groups is 1. The van der Waals surface area contributed by atoms with Gasteiger partial charge in [-0.05, 0) is 29.5 Å². The number of carbonyl (C=O) groups is 1. The highest BCUT2D eigenvalue weighted by molar-refractivity contribution is 7.91. The summed E-state index contributed by atoms with van der Waals surface area (Å²) in [6.07, 6.45) is 1.77. The number of H-pyrrole nitrogens is 2. The fourth-order valence-electron chi connectivity index (χ4n) is 1.93. The summed E-state index contributed by atoms with van der Waals surface area (Å²) in [5, 5.41) is 28.4. The van der Waals surface area contributed by atoms with Gasteiger partial charge in [0.15, 0.2) is 5.76 Å². The molecule has 0 aliphatic carbocycles. The van der Waals surface area contributed by atoms with Crippen LogP contribution in [0.15, 0.2) is 46.3 Å². The van der Waals surface area contributed by atoms with Gasteiger partial charge >= 0.3 is 0 Å². The molecule has 3 aromatic rings. The second-order valence-electron chi connectivity index (χ2n) is 4.70. The van der Waals surface area contributed by atoms with Crippen molar-refractivity contribution in [2.75, 3.05) is 0 Å². The summed E-state index contributed by atoms with van der Waals surface area (Å²) >= 11 is 5.75. The molecule has 0 aliphatic heterocycles. The number of carbonyl (C=O) groups excluding carboxylic acids is 1. The summed E-state index contributed by atoms with van der Waals surface area (Å²) in [5.74, 6) is -1.62. The summed E-state index contributed by atoms with van der Waals surface area (Å²) < 4.78 is 25.3. The van der Waals surface area contributed by atoms with Crippen molar-refractivity contribution in [3.8, 4) is 0 Å². The van der Waals surface area contributed by atoms with Gasteiger partial charge in [0.25, 0.3) is 0 Å². The van der Waals surface area contributed by atoms with Gasteiger partial charge in [-0.25, -0.2) is 8.42 Å². The van der Waals surface area contributed by atoms with Crippen molar-refractivity contribution in [3.05, 3.63) is 53.1 Å². The molecule has 3 rings (SSSR count). The minimum absolute atomic E-state index is 0.0567. The van der Waals surface area contributed by atoms with Crippen molar-refractivity contribution in [2.24, 2.45) is 0 Å². The molecule has 10 nitrogen and oxygen atoms in total. The van der Waals surface area contributed by atoms with E-state index in [2.05, 4.69) is 30.8 Å². The number of rotatable bonds is 5. The molecule has 3 N–H and O–H groups in total. The summed E-state index contributed by atoms with van der Waals surface area (Å²) in [7, 11) is -4.01. The quantitative estimate of drug-likeness (QED) is 0.338. The molecule has 0 radical (unpaired) electrons. The van der Waals surface area contributed by atoms with E-state index < -0.39 is 21.4 Å². The van der Waals surface area contributed by atoms with Crippen LogP contribution in [0.25, 0.3) is 5.76 Å². The number of hydrogen-bond acceptors (Lipinski definition) is 8. The lowest BCUT2D eigenvalue weighted by molar-refractivity contribution is 0.103. The fourth-order valence-corrected chi connectivity index (χ4v) is 3.41. The second kappa shape index (κ2) is 6.45. The topological polar surface area (TPSA) is 155 Å². The third-order valence-electron chi connectivity index (χ3n) is 3.11. The maximum absolute atomic E-state index is 12.7. The predicted molar refractivity (Wildman–Crippen MR) is 84.6 cm³/mol. The van der Waals surface area contributed by atoms with Crippen LogP contribution in [-0.2, 0) is 9.84 Å². The molecular formula is C13H9ClN6O4S. The van der Waals surface area contributed by atoms with E-state index in [1.54, 1.807) is 0 Å². The van der Waals surface area contributed by atoms with Crippen molar-refractivity contribution in [1.29, 1.82) is 0 Å². The van der Waals surface area contributed by atoms with Crippen molar-refractivity contribution in [3.63, 3.8) is 0 Å².